The van der Waals surface area contributed by atoms with Crippen molar-refractivity contribution in [1.29, 1.82) is 0 Å². The van der Waals surface area contributed by atoms with Crippen LogP contribution in [-0.4, -0.2) is 23.5 Å². The lowest BCUT2D eigenvalue weighted by molar-refractivity contribution is -0.123. The highest BCUT2D eigenvalue weighted by atomic mass is 35.5. The minimum Gasteiger partial charge on any atom is -0.490 e. The number of halogens is 1. The van der Waals surface area contributed by atoms with Crippen LogP contribution >= 0.6 is 12.4 Å². The van der Waals surface area contributed by atoms with Crippen molar-refractivity contribution in [2.24, 2.45) is 11.7 Å². The largest absolute Gasteiger partial charge is 0.490 e. The standard InChI is InChI=1S/C19H25N3O3.ClH/c1-4-24-15-7-5-6-8-16(15)25-17-10-9-14(11-21-17)12-22-19(23)18(20)13(2)3;/h5-11,13,18H,4,12,20H2,1-3H3,(H,22,23);1H/t18-;/m0./s1. The van der Waals surface area contributed by atoms with Crippen LogP contribution in [0.1, 0.15) is 26.3 Å². The molecule has 1 aromatic heterocycles. The second-order valence-corrected chi connectivity index (χ2v) is 5.97. The third-order valence-corrected chi connectivity index (χ3v) is 3.65. The van der Waals surface area contributed by atoms with Crippen LogP contribution in [0.5, 0.6) is 17.4 Å². The van der Waals surface area contributed by atoms with E-state index in [1.54, 1.807) is 12.3 Å². The van der Waals surface area contributed by atoms with Gasteiger partial charge < -0.3 is 20.5 Å². The van der Waals surface area contributed by atoms with E-state index >= 15 is 0 Å². The third-order valence-electron chi connectivity index (χ3n) is 3.65. The summed E-state index contributed by atoms with van der Waals surface area (Å²) in [6.45, 7) is 6.69. The van der Waals surface area contributed by atoms with Gasteiger partial charge >= 0.3 is 0 Å². The van der Waals surface area contributed by atoms with Crippen LogP contribution < -0.4 is 20.5 Å². The van der Waals surface area contributed by atoms with Gasteiger partial charge in [0.15, 0.2) is 11.5 Å². The Morgan fingerprint density at radius 2 is 1.88 bits per heavy atom. The number of rotatable bonds is 8. The van der Waals surface area contributed by atoms with E-state index in [4.69, 9.17) is 15.2 Å². The van der Waals surface area contributed by atoms with E-state index in [0.717, 1.165) is 5.56 Å². The number of para-hydroxylation sites is 2. The second kappa shape index (κ2) is 10.6. The Kier molecular flexibility index (Phi) is 8.88. The Morgan fingerprint density at radius 3 is 2.46 bits per heavy atom. The van der Waals surface area contributed by atoms with Crippen molar-refractivity contribution < 1.29 is 14.3 Å². The first-order valence-corrected chi connectivity index (χ1v) is 8.39. The van der Waals surface area contributed by atoms with Crippen LogP contribution in [0.2, 0.25) is 0 Å². The first-order chi connectivity index (χ1) is 12.0. The molecular weight excluding hydrogens is 354 g/mol. The SMILES string of the molecule is CCOc1ccccc1Oc1ccc(CNC(=O)[C@@H](N)C(C)C)cn1.Cl. The summed E-state index contributed by atoms with van der Waals surface area (Å²) >= 11 is 0. The molecular formula is C19H26ClN3O3. The number of nitrogens with zero attached hydrogens (tertiary/aromatic N) is 1. The van der Waals surface area contributed by atoms with Crippen LogP contribution in [0.4, 0.5) is 0 Å². The molecule has 26 heavy (non-hydrogen) atoms. The summed E-state index contributed by atoms with van der Waals surface area (Å²) in [5.74, 6) is 1.67. The number of aromatic nitrogens is 1. The highest BCUT2D eigenvalue weighted by Gasteiger charge is 2.16. The molecule has 0 aliphatic carbocycles. The molecule has 0 bridgehead atoms. The van der Waals surface area contributed by atoms with Gasteiger partial charge in [0.05, 0.1) is 12.6 Å². The van der Waals surface area contributed by atoms with Gasteiger partial charge in [0.1, 0.15) is 0 Å². The lowest BCUT2D eigenvalue weighted by Gasteiger charge is -2.15. The molecule has 3 N–H and O–H groups in total. The zero-order valence-electron chi connectivity index (χ0n) is 15.3. The maximum atomic E-state index is 11.9. The summed E-state index contributed by atoms with van der Waals surface area (Å²) in [5.41, 5.74) is 6.68. The van der Waals surface area contributed by atoms with Gasteiger partial charge in [-0.25, -0.2) is 4.98 Å². The van der Waals surface area contributed by atoms with E-state index in [-0.39, 0.29) is 24.2 Å². The Balaban J connectivity index is 0.00000338. The molecule has 0 spiro atoms. The van der Waals surface area contributed by atoms with Crippen molar-refractivity contribution in [3.05, 3.63) is 48.2 Å². The normalized spacial score (nSPS) is 11.4. The summed E-state index contributed by atoms with van der Waals surface area (Å²) in [7, 11) is 0. The number of hydrogen-bond donors (Lipinski definition) is 2. The zero-order chi connectivity index (χ0) is 18.2. The number of hydrogen-bond acceptors (Lipinski definition) is 5. The number of benzene rings is 1. The molecule has 2 aromatic rings. The fraction of sp³-hybridized carbons (Fsp3) is 0.368. The van der Waals surface area contributed by atoms with Crippen LogP contribution in [0.25, 0.3) is 0 Å². The van der Waals surface area contributed by atoms with Gasteiger partial charge in [0, 0.05) is 18.8 Å². The predicted molar refractivity (Wildman–Crippen MR) is 104 cm³/mol. The molecule has 0 saturated heterocycles. The number of nitrogens with one attached hydrogen (secondary N) is 1. The molecule has 2 rings (SSSR count). The molecule has 7 heteroatoms. The first-order valence-electron chi connectivity index (χ1n) is 8.39. The molecule has 0 radical (unpaired) electrons. The van der Waals surface area contributed by atoms with Crippen molar-refractivity contribution in [2.75, 3.05) is 6.61 Å². The molecule has 0 aliphatic rings. The van der Waals surface area contributed by atoms with Crippen molar-refractivity contribution in [3.8, 4) is 17.4 Å². The molecule has 142 valence electrons. The predicted octanol–water partition coefficient (Wildman–Crippen LogP) is 3.29. The van der Waals surface area contributed by atoms with E-state index in [0.29, 0.717) is 30.5 Å². The molecule has 1 amide bonds. The van der Waals surface area contributed by atoms with Crippen LogP contribution in [0.15, 0.2) is 42.6 Å². The minimum atomic E-state index is -0.509. The van der Waals surface area contributed by atoms with Gasteiger partial charge in [-0.1, -0.05) is 32.0 Å². The van der Waals surface area contributed by atoms with Crippen molar-refractivity contribution >= 4 is 18.3 Å². The smallest absolute Gasteiger partial charge is 0.237 e. The van der Waals surface area contributed by atoms with Crippen LogP contribution in [0, 0.1) is 5.92 Å². The number of carbonyl (C=O) groups excluding carboxylic acids is 1. The van der Waals surface area contributed by atoms with E-state index in [9.17, 15) is 4.79 Å². The average molecular weight is 380 g/mol. The zero-order valence-corrected chi connectivity index (χ0v) is 16.1. The van der Waals surface area contributed by atoms with Crippen LogP contribution in [0.3, 0.4) is 0 Å². The van der Waals surface area contributed by atoms with Crippen molar-refractivity contribution in [3.63, 3.8) is 0 Å². The van der Waals surface area contributed by atoms with Gasteiger partial charge in [0.25, 0.3) is 0 Å². The Hall–Kier alpha value is -2.31. The maximum absolute atomic E-state index is 11.9. The average Bonchev–Trinajstić information content (AvgIpc) is 2.62. The summed E-state index contributed by atoms with van der Waals surface area (Å²) in [6, 6.07) is 10.5. The van der Waals surface area contributed by atoms with E-state index in [1.807, 2.05) is 51.1 Å². The van der Waals surface area contributed by atoms with Gasteiger partial charge in [-0.2, -0.15) is 0 Å². The molecule has 0 aliphatic heterocycles. The Labute approximate surface area is 160 Å². The number of nitrogens with two attached hydrogens (primary N) is 1. The Bertz CT molecular complexity index is 693. The van der Waals surface area contributed by atoms with Crippen molar-refractivity contribution in [2.45, 2.75) is 33.4 Å². The summed E-state index contributed by atoms with van der Waals surface area (Å²) in [6.07, 6.45) is 1.67. The molecule has 1 atom stereocenters. The highest BCUT2D eigenvalue weighted by molar-refractivity contribution is 5.85. The summed E-state index contributed by atoms with van der Waals surface area (Å²) in [4.78, 5) is 16.1. The van der Waals surface area contributed by atoms with E-state index < -0.39 is 6.04 Å². The molecule has 0 unspecified atom stereocenters. The molecule has 6 nitrogen and oxygen atoms in total. The van der Waals surface area contributed by atoms with Crippen LogP contribution in [-0.2, 0) is 11.3 Å². The molecule has 0 saturated carbocycles. The lowest BCUT2D eigenvalue weighted by atomic mass is 10.1. The second-order valence-electron chi connectivity index (χ2n) is 5.97. The monoisotopic (exact) mass is 379 g/mol. The minimum absolute atomic E-state index is 0. The van der Waals surface area contributed by atoms with Crippen molar-refractivity contribution in [1.82, 2.24) is 10.3 Å². The third kappa shape index (κ3) is 6.20. The molecule has 1 aromatic carbocycles. The van der Waals surface area contributed by atoms with Gasteiger partial charge in [-0.05, 0) is 30.5 Å². The number of ether oxygens (including phenoxy) is 2. The number of pyridine rings is 1. The Morgan fingerprint density at radius 1 is 1.19 bits per heavy atom. The summed E-state index contributed by atoms with van der Waals surface area (Å²) < 4.78 is 11.3. The first kappa shape index (κ1) is 21.7. The van der Waals surface area contributed by atoms with E-state index in [1.165, 1.54) is 0 Å². The molecule has 1 heterocycles. The highest BCUT2D eigenvalue weighted by Crippen LogP contribution is 2.30. The van der Waals surface area contributed by atoms with Gasteiger partial charge in [-0.3, -0.25) is 4.79 Å². The number of carbonyl (C=O) groups is 1. The summed E-state index contributed by atoms with van der Waals surface area (Å²) in [5, 5.41) is 2.81. The fourth-order valence-corrected chi connectivity index (χ4v) is 2.11. The lowest BCUT2D eigenvalue weighted by Crippen LogP contribution is -2.43. The fourth-order valence-electron chi connectivity index (χ4n) is 2.11. The molecule has 0 fully saturated rings. The quantitative estimate of drug-likeness (QED) is 0.734. The van der Waals surface area contributed by atoms with E-state index in [2.05, 4.69) is 10.3 Å². The topological polar surface area (TPSA) is 86.5 Å². The van der Waals surface area contributed by atoms with Gasteiger partial charge in [0.2, 0.25) is 11.8 Å². The maximum Gasteiger partial charge on any atom is 0.237 e. The number of amides is 1. The van der Waals surface area contributed by atoms with Gasteiger partial charge in [-0.15, -0.1) is 12.4 Å².